The SMILES string of the molecule is O=C1c2ccccc2CN1CC(=O)N1CCC[C@H]1C(F)(F)F. The Morgan fingerprint density at radius 3 is 2.68 bits per heavy atom. The van der Waals surface area contributed by atoms with E-state index >= 15 is 0 Å². The number of carbonyl (C=O) groups is 2. The predicted octanol–water partition coefficient (Wildman–Crippen LogP) is 2.20. The van der Waals surface area contributed by atoms with Crippen molar-refractivity contribution in [1.29, 1.82) is 0 Å². The molecule has 0 unspecified atom stereocenters. The number of alkyl halides is 3. The largest absolute Gasteiger partial charge is 0.408 e. The van der Waals surface area contributed by atoms with Gasteiger partial charge in [-0.15, -0.1) is 0 Å². The van der Waals surface area contributed by atoms with Crippen LogP contribution >= 0.6 is 0 Å². The molecule has 1 atom stereocenters. The quantitative estimate of drug-likeness (QED) is 0.840. The van der Waals surface area contributed by atoms with Crippen molar-refractivity contribution >= 4 is 11.8 Å². The molecule has 2 heterocycles. The standard InChI is InChI=1S/C15H15F3N2O2/c16-15(17,18)12-6-3-7-20(12)13(21)9-19-8-10-4-1-2-5-11(10)14(19)22/h1-2,4-5,12H,3,6-9H2/t12-/m0/s1. The number of benzene rings is 1. The molecule has 0 radical (unpaired) electrons. The Morgan fingerprint density at radius 2 is 2.00 bits per heavy atom. The Bertz CT molecular complexity index is 615. The molecule has 2 aliphatic rings. The average Bonchev–Trinajstić information content (AvgIpc) is 3.05. The van der Waals surface area contributed by atoms with Crippen molar-refractivity contribution in [3.05, 3.63) is 35.4 Å². The summed E-state index contributed by atoms with van der Waals surface area (Å²) >= 11 is 0. The first-order chi connectivity index (χ1) is 10.4. The summed E-state index contributed by atoms with van der Waals surface area (Å²) in [7, 11) is 0. The minimum atomic E-state index is -4.41. The molecule has 1 aromatic rings. The molecule has 2 aliphatic heterocycles. The summed E-state index contributed by atoms with van der Waals surface area (Å²) < 4.78 is 38.7. The van der Waals surface area contributed by atoms with E-state index in [-0.39, 0.29) is 32.0 Å². The second-order valence-corrected chi connectivity index (χ2v) is 5.61. The molecule has 118 valence electrons. The number of amides is 2. The maximum Gasteiger partial charge on any atom is 0.408 e. The third kappa shape index (κ3) is 2.55. The average molecular weight is 312 g/mol. The van der Waals surface area contributed by atoms with Crippen LogP contribution in [-0.2, 0) is 11.3 Å². The van der Waals surface area contributed by atoms with E-state index in [4.69, 9.17) is 0 Å². The monoisotopic (exact) mass is 312 g/mol. The fraction of sp³-hybridized carbons (Fsp3) is 0.467. The molecule has 4 nitrogen and oxygen atoms in total. The Hall–Kier alpha value is -2.05. The van der Waals surface area contributed by atoms with Gasteiger partial charge in [0.25, 0.3) is 5.91 Å². The molecule has 1 saturated heterocycles. The van der Waals surface area contributed by atoms with Gasteiger partial charge in [0, 0.05) is 18.7 Å². The number of hydrogen-bond donors (Lipinski definition) is 0. The molecule has 0 N–H and O–H groups in total. The second kappa shape index (κ2) is 5.30. The summed E-state index contributed by atoms with van der Waals surface area (Å²) in [4.78, 5) is 26.5. The number of carbonyl (C=O) groups excluding carboxylic acids is 2. The number of hydrogen-bond acceptors (Lipinski definition) is 2. The zero-order valence-corrected chi connectivity index (χ0v) is 11.8. The van der Waals surface area contributed by atoms with Gasteiger partial charge in [0.2, 0.25) is 5.91 Å². The summed E-state index contributed by atoms with van der Waals surface area (Å²) in [6.45, 7) is 0.0589. The van der Waals surface area contributed by atoms with Crippen LogP contribution in [0.5, 0.6) is 0 Å². The molecular formula is C15H15F3N2O2. The van der Waals surface area contributed by atoms with Gasteiger partial charge >= 0.3 is 6.18 Å². The third-order valence-electron chi connectivity index (χ3n) is 4.17. The number of fused-ring (bicyclic) bond motifs is 1. The summed E-state index contributed by atoms with van der Waals surface area (Å²) in [5.74, 6) is -0.937. The molecule has 0 aromatic heterocycles. The molecule has 1 fully saturated rings. The van der Waals surface area contributed by atoms with E-state index in [9.17, 15) is 22.8 Å². The minimum absolute atomic E-state index is 0.0661. The van der Waals surface area contributed by atoms with Crippen LogP contribution in [-0.4, -0.2) is 46.9 Å². The van der Waals surface area contributed by atoms with Gasteiger partial charge < -0.3 is 9.80 Å². The van der Waals surface area contributed by atoms with Crippen LogP contribution in [0.2, 0.25) is 0 Å². The Morgan fingerprint density at radius 1 is 1.27 bits per heavy atom. The molecule has 0 bridgehead atoms. The van der Waals surface area contributed by atoms with Crippen LogP contribution in [0.25, 0.3) is 0 Å². The van der Waals surface area contributed by atoms with Gasteiger partial charge in [-0.2, -0.15) is 13.2 Å². The van der Waals surface area contributed by atoms with E-state index in [0.717, 1.165) is 10.5 Å². The van der Waals surface area contributed by atoms with Crippen LogP contribution in [0.15, 0.2) is 24.3 Å². The zero-order valence-electron chi connectivity index (χ0n) is 11.8. The highest BCUT2D eigenvalue weighted by Gasteiger charge is 2.48. The summed E-state index contributed by atoms with van der Waals surface area (Å²) in [6, 6.07) is 5.24. The maximum atomic E-state index is 12.9. The fourth-order valence-electron chi connectivity index (χ4n) is 3.10. The molecule has 2 amide bonds. The first-order valence-electron chi connectivity index (χ1n) is 7.11. The number of rotatable bonds is 2. The van der Waals surface area contributed by atoms with Gasteiger partial charge in [0.15, 0.2) is 0 Å². The van der Waals surface area contributed by atoms with Gasteiger partial charge in [-0.25, -0.2) is 0 Å². The zero-order chi connectivity index (χ0) is 15.9. The highest BCUT2D eigenvalue weighted by Crippen LogP contribution is 2.33. The van der Waals surface area contributed by atoms with Gasteiger partial charge in [-0.3, -0.25) is 9.59 Å². The predicted molar refractivity (Wildman–Crippen MR) is 72.0 cm³/mol. The summed E-state index contributed by atoms with van der Waals surface area (Å²) in [5, 5.41) is 0. The van der Waals surface area contributed by atoms with Crippen molar-refractivity contribution in [2.24, 2.45) is 0 Å². The lowest BCUT2D eigenvalue weighted by molar-refractivity contribution is -0.182. The third-order valence-corrected chi connectivity index (χ3v) is 4.17. The lowest BCUT2D eigenvalue weighted by atomic mass is 10.1. The molecule has 22 heavy (non-hydrogen) atoms. The minimum Gasteiger partial charge on any atom is -0.329 e. The molecular weight excluding hydrogens is 297 g/mol. The van der Waals surface area contributed by atoms with Crippen molar-refractivity contribution in [1.82, 2.24) is 9.80 Å². The van der Waals surface area contributed by atoms with Crippen LogP contribution in [0, 0.1) is 0 Å². The molecule has 1 aromatic carbocycles. The Kier molecular flexibility index (Phi) is 3.58. The molecule has 0 spiro atoms. The molecule has 3 rings (SSSR count). The summed E-state index contributed by atoms with van der Waals surface area (Å²) in [6.07, 6.45) is -4.14. The highest BCUT2D eigenvalue weighted by molar-refractivity contribution is 6.00. The number of likely N-dealkylation sites (tertiary alicyclic amines) is 1. The fourth-order valence-corrected chi connectivity index (χ4v) is 3.10. The first-order valence-corrected chi connectivity index (χ1v) is 7.11. The van der Waals surface area contributed by atoms with Crippen LogP contribution < -0.4 is 0 Å². The second-order valence-electron chi connectivity index (χ2n) is 5.61. The van der Waals surface area contributed by atoms with Crippen molar-refractivity contribution < 1.29 is 22.8 Å². The first kappa shape index (κ1) is 14.9. The summed E-state index contributed by atoms with van der Waals surface area (Å²) in [5.41, 5.74) is 1.32. The van der Waals surface area contributed by atoms with Crippen LogP contribution in [0.1, 0.15) is 28.8 Å². The van der Waals surface area contributed by atoms with Crippen molar-refractivity contribution in [3.8, 4) is 0 Å². The van der Waals surface area contributed by atoms with Gasteiger partial charge in [-0.1, -0.05) is 18.2 Å². The van der Waals surface area contributed by atoms with Gasteiger partial charge in [0.1, 0.15) is 12.6 Å². The smallest absolute Gasteiger partial charge is 0.329 e. The topological polar surface area (TPSA) is 40.6 Å². The van der Waals surface area contributed by atoms with Gasteiger partial charge in [-0.05, 0) is 24.5 Å². The van der Waals surface area contributed by atoms with Gasteiger partial charge in [0.05, 0.1) is 0 Å². The lowest BCUT2D eigenvalue weighted by Gasteiger charge is -2.28. The maximum absolute atomic E-state index is 12.9. The van der Waals surface area contributed by atoms with E-state index in [2.05, 4.69) is 0 Å². The van der Waals surface area contributed by atoms with E-state index in [1.807, 2.05) is 0 Å². The van der Waals surface area contributed by atoms with E-state index in [0.29, 0.717) is 12.0 Å². The van der Waals surface area contributed by atoms with Crippen LogP contribution in [0.3, 0.4) is 0 Å². The van der Waals surface area contributed by atoms with Crippen LogP contribution in [0.4, 0.5) is 13.2 Å². The van der Waals surface area contributed by atoms with Crippen molar-refractivity contribution in [3.63, 3.8) is 0 Å². The van der Waals surface area contributed by atoms with Crippen molar-refractivity contribution in [2.45, 2.75) is 31.6 Å². The molecule has 7 heteroatoms. The lowest BCUT2D eigenvalue weighted by Crippen LogP contribution is -2.48. The van der Waals surface area contributed by atoms with Crippen molar-refractivity contribution in [2.75, 3.05) is 13.1 Å². The normalized spacial score (nSPS) is 21.4. The van der Waals surface area contributed by atoms with E-state index < -0.39 is 18.1 Å². The Balaban J connectivity index is 1.70. The highest BCUT2D eigenvalue weighted by atomic mass is 19.4. The molecule has 0 saturated carbocycles. The van der Waals surface area contributed by atoms with E-state index in [1.54, 1.807) is 24.3 Å². The number of halogens is 3. The Labute approximate surface area is 125 Å². The molecule has 0 aliphatic carbocycles. The van der Waals surface area contributed by atoms with E-state index in [1.165, 1.54) is 4.90 Å². The number of nitrogens with zero attached hydrogens (tertiary/aromatic N) is 2.